The molecule has 0 aliphatic carbocycles. The Balaban J connectivity index is 0.00000264. The van der Waals surface area contributed by atoms with Crippen molar-refractivity contribution in [2.45, 2.75) is 38.8 Å². The zero-order chi connectivity index (χ0) is 16.1. The van der Waals surface area contributed by atoms with E-state index < -0.39 is 6.61 Å². The number of alkyl halides is 2. The lowest BCUT2D eigenvalue weighted by molar-refractivity contribution is -0.131. The second-order valence-electron chi connectivity index (χ2n) is 5.76. The average Bonchev–Trinajstić information content (AvgIpc) is 2.87. The zero-order valence-electron chi connectivity index (χ0n) is 13.1. The number of nitrogens with two attached hydrogens (primary N) is 1. The Bertz CT molecular complexity index is 499. The van der Waals surface area contributed by atoms with Crippen LogP contribution in [0.5, 0.6) is 5.75 Å². The van der Waals surface area contributed by atoms with Gasteiger partial charge in [-0.1, -0.05) is 12.1 Å². The molecule has 2 N–H and O–H groups in total. The molecule has 0 saturated carbocycles. The van der Waals surface area contributed by atoms with Crippen molar-refractivity contribution in [1.82, 2.24) is 4.90 Å². The fourth-order valence-electron chi connectivity index (χ4n) is 2.89. The Morgan fingerprint density at radius 3 is 2.57 bits per heavy atom. The predicted molar refractivity (Wildman–Crippen MR) is 87.0 cm³/mol. The van der Waals surface area contributed by atoms with E-state index >= 15 is 0 Å². The molecule has 0 radical (unpaired) electrons. The lowest BCUT2D eigenvalue weighted by Gasteiger charge is -2.21. The largest absolute Gasteiger partial charge is 0.435 e. The molecule has 1 amide bonds. The first-order valence-corrected chi connectivity index (χ1v) is 7.53. The molecule has 7 heteroatoms. The summed E-state index contributed by atoms with van der Waals surface area (Å²) in [6, 6.07) is 6.65. The van der Waals surface area contributed by atoms with Gasteiger partial charge in [0.25, 0.3) is 0 Å². The molecule has 130 valence electrons. The maximum Gasteiger partial charge on any atom is 0.387 e. The van der Waals surface area contributed by atoms with Gasteiger partial charge in [0, 0.05) is 19.0 Å². The van der Waals surface area contributed by atoms with E-state index in [0.29, 0.717) is 25.3 Å². The number of hydrogen-bond acceptors (Lipinski definition) is 3. The Kier molecular flexibility index (Phi) is 7.72. The van der Waals surface area contributed by atoms with Gasteiger partial charge in [0.1, 0.15) is 5.75 Å². The third kappa shape index (κ3) is 5.62. The van der Waals surface area contributed by atoms with Crippen molar-refractivity contribution in [3.8, 4) is 5.75 Å². The molecule has 2 rings (SSSR count). The van der Waals surface area contributed by atoms with Gasteiger partial charge in [0.05, 0.1) is 0 Å². The second-order valence-corrected chi connectivity index (χ2v) is 5.76. The van der Waals surface area contributed by atoms with Crippen LogP contribution in [0.1, 0.15) is 25.3 Å². The van der Waals surface area contributed by atoms with Gasteiger partial charge in [-0.25, -0.2) is 0 Å². The van der Waals surface area contributed by atoms with Crippen molar-refractivity contribution in [2.24, 2.45) is 11.7 Å². The van der Waals surface area contributed by atoms with Crippen LogP contribution in [-0.4, -0.2) is 36.5 Å². The van der Waals surface area contributed by atoms with E-state index in [1.165, 1.54) is 12.1 Å². The van der Waals surface area contributed by atoms with Crippen molar-refractivity contribution < 1.29 is 18.3 Å². The first-order valence-electron chi connectivity index (χ1n) is 7.53. The highest BCUT2D eigenvalue weighted by Crippen LogP contribution is 2.23. The second kappa shape index (κ2) is 9.03. The monoisotopic (exact) mass is 348 g/mol. The SMILES string of the molecule is CC1CC(CN)CN1C(=O)CCc1ccc(OC(F)F)cc1.Cl. The van der Waals surface area contributed by atoms with Gasteiger partial charge in [-0.2, -0.15) is 8.78 Å². The van der Waals surface area contributed by atoms with Crippen molar-refractivity contribution in [2.75, 3.05) is 13.1 Å². The summed E-state index contributed by atoms with van der Waals surface area (Å²) in [4.78, 5) is 14.2. The van der Waals surface area contributed by atoms with Gasteiger partial charge in [-0.15, -0.1) is 12.4 Å². The quantitative estimate of drug-likeness (QED) is 0.860. The third-order valence-corrected chi connectivity index (χ3v) is 4.09. The van der Waals surface area contributed by atoms with Crippen LogP contribution >= 0.6 is 12.4 Å². The van der Waals surface area contributed by atoms with Crippen LogP contribution in [-0.2, 0) is 11.2 Å². The molecule has 1 fully saturated rings. The summed E-state index contributed by atoms with van der Waals surface area (Å²) >= 11 is 0. The highest BCUT2D eigenvalue weighted by molar-refractivity contribution is 5.85. The molecule has 0 bridgehead atoms. The van der Waals surface area contributed by atoms with Crippen LogP contribution in [0.25, 0.3) is 0 Å². The molecule has 1 aromatic carbocycles. The molecule has 1 aromatic rings. The normalized spacial score (nSPS) is 20.5. The number of nitrogens with zero attached hydrogens (tertiary/aromatic N) is 1. The minimum atomic E-state index is -2.82. The summed E-state index contributed by atoms with van der Waals surface area (Å²) in [7, 11) is 0. The smallest absolute Gasteiger partial charge is 0.387 e. The van der Waals surface area contributed by atoms with E-state index in [9.17, 15) is 13.6 Å². The zero-order valence-corrected chi connectivity index (χ0v) is 13.9. The van der Waals surface area contributed by atoms with Gasteiger partial charge in [0.15, 0.2) is 0 Å². The lowest BCUT2D eigenvalue weighted by Crippen LogP contribution is -2.34. The van der Waals surface area contributed by atoms with Gasteiger partial charge >= 0.3 is 6.61 Å². The van der Waals surface area contributed by atoms with Crippen LogP contribution < -0.4 is 10.5 Å². The van der Waals surface area contributed by atoms with Crippen molar-refractivity contribution >= 4 is 18.3 Å². The average molecular weight is 349 g/mol. The molecule has 1 aliphatic heterocycles. The number of amides is 1. The maximum atomic E-state index is 12.3. The lowest BCUT2D eigenvalue weighted by atomic mass is 10.1. The van der Waals surface area contributed by atoms with Gasteiger partial charge in [-0.3, -0.25) is 4.79 Å². The number of benzene rings is 1. The standard InChI is InChI=1S/C16H22F2N2O2.ClH/c1-11-8-13(9-19)10-20(11)15(21)7-4-12-2-5-14(6-3-12)22-16(17)18;/h2-3,5-6,11,13,16H,4,7-10,19H2,1H3;1H. The number of carbonyl (C=O) groups is 1. The van der Waals surface area contributed by atoms with Crippen LogP contribution in [0.3, 0.4) is 0 Å². The third-order valence-electron chi connectivity index (χ3n) is 4.09. The first-order chi connectivity index (χ1) is 10.5. The summed E-state index contributed by atoms with van der Waals surface area (Å²) in [5.74, 6) is 0.644. The van der Waals surface area contributed by atoms with E-state index in [1.807, 2.05) is 11.8 Å². The Hall–Kier alpha value is -1.40. The minimum Gasteiger partial charge on any atom is -0.435 e. The maximum absolute atomic E-state index is 12.3. The van der Waals surface area contributed by atoms with Crippen LogP contribution in [0, 0.1) is 5.92 Å². The molecule has 23 heavy (non-hydrogen) atoms. The summed E-state index contributed by atoms with van der Waals surface area (Å²) in [6.45, 7) is 0.570. The summed E-state index contributed by atoms with van der Waals surface area (Å²) in [5.41, 5.74) is 6.60. The minimum absolute atomic E-state index is 0. The molecule has 4 nitrogen and oxygen atoms in total. The topological polar surface area (TPSA) is 55.6 Å². The number of hydrogen-bond donors (Lipinski definition) is 1. The predicted octanol–water partition coefficient (Wildman–Crippen LogP) is 2.84. The highest BCUT2D eigenvalue weighted by atomic mass is 35.5. The summed E-state index contributed by atoms with van der Waals surface area (Å²) < 4.78 is 28.4. The molecule has 1 aliphatic rings. The van der Waals surface area contributed by atoms with E-state index in [2.05, 4.69) is 4.74 Å². The number of halogens is 3. The number of carbonyl (C=O) groups excluding carboxylic acids is 1. The van der Waals surface area contributed by atoms with Crippen molar-refractivity contribution in [3.63, 3.8) is 0 Å². The van der Waals surface area contributed by atoms with E-state index in [0.717, 1.165) is 18.5 Å². The number of rotatable bonds is 6. The van der Waals surface area contributed by atoms with Crippen LogP contribution in [0.15, 0.2) is 24.3 Å². The molecule has 0 aromatic heterocycles. The molecule has 1 saturated heterocycles. The van der Waals surface area contributed by atoms with Crippen molar-refractivity contribution in [1.29, 1.82) is 0 Å². The van der Waals surface area contributed by atoms with Gasteiger partial charge in [-0.05, 0) is 49.9 Å². The Morgan fingerprint density at radius 2 is 2.04 bits per heavy atom. The number of aryl methyl sites for hydroxylation is 1. The fourth-order valence-corrected chi connectivity index (χ4v) is 2.89. The summed E-state index contributed by atoms with van der Waals surface area (Å²) in [6.07, 6.45) is 1.96. The molecule has 2 unspecified atom stereocenters. The highest BCUT2D eigenvalue weighted by Gasteiger charge is 2.30. The molecule has 0 spiro atoms. The molecular weight excluding hydrogens is 326 g/mol. The number of ether oxygens (including phenoxy) is 1. The van der Waals surface area contributed by atoms with Crippen molar-refractivity contribution in [3.05, 3.63) is 29.8 Å². The Labute approximate surface area is 141 Å². The first kappa shape index (κ1) is 19.6. The van der Waals surface area contributed by atoms with Crippen LogP contribution in [0.4, 0.5) is 8.78 Å². The fraction of sp³-hybridized carbons (Fsp3) is 0.562. The molecule has 2 atom stereocenters. The summed E-state index contributed by atoms with van der Waals surface area (Å²) in [5, 5.41) is 0. The Morgan fingerprint density at radius 1 is 1.39 bits per heavy atom. The number of likely N-dealkylation sites (tertiary alicyclic amines) is 1. The van der Waals surface area contributed by atoms with Gasteiger partial charge < -0.3 is 15.4 Å². The van der Waals surface area contributed by atoms with Crippen LogP contribution in [0.2, 0.25) is 0 Å². The molecule has 1 heterocycles. The van der Waals surface area contributed by atoms with E-state index in [-0.39, 0.29) is 30.1 Å². The molecular formula is C16H23ClF2N2O2. The van der Waals surface area contributed by atoms with E-state index in [4.69, 9.17) is 5.73 Å². The van der Waals surface area contributed by atoms with E-state index in [1.54, 1.807) is 12.1 Å². The van der Waals surface area contributed by atoms with Gasteiger partial charge in [0.2, 0.25) is 5.91 Å².